The van der Waals surface area contributed by atoms with Crippen molar-refractivity contribution in [2.45, 2.75) is 59.2 Å². The molecule has 0 saturated heterocycles. The largest absolute Gasteiger partial charge is 1.00 e. The van der Waals surface area contributed by atoms with E-state index >= 15 is 0 Å². The van der Waals surface area contributed by atoms with Crippen LogP contribution in [0.15, 0.2) is 72.8 Å². The number of alkyl halides is 10. The van der Waals surface area contributed by atoms with Crippen LogP contribution in [0.4, 0.5) is 89.4 Å². The molecule has 5 aromatic rings. The molecule has 5 heterocycles. The second-order valence-electron chi connectivity index (χ2n) is 15.4. The van der Waals surface area contributed by atoms with Crippen LogP contribution in [0.1, 0.15) is 27.7 Å². The first-order valence-electron chi connectivity index (χ1n) is 21.8. The quantitative estimate of drug-likeness (QED) is 0.0261. The number of nitriles is 1. The summed E-state index contributed by atoms with van der Waals surface area (Å²) in [5.74, 6) is -3.91. The van der Waals surface area contributed by atoms with E-state index in [1.54, 1.807) is 4.98 Å². The summed E-state index contributed by atoms with van der Waals surface area (Å²) in [5.41, 5.74) is 20.9. The summed E-state index contributed by atoms with van der Waals surface area (Å²) < 4.78 is 171. The van der Waals surface area contributed by atoms with Gasteiger partial charge in [-0.15, -0.1) is 43.9 Å². The van der Waals surface area contributed by atoms with Crippen LogP contribution in [0.25, 0.3) is 0 Å². The number of anilines is 6. The fourth-order valence-corrected chi connectivity index (χ4v) is 6.01. The number of hydrogen-bond acceptors (Lipinski definition) is 25. The van der Waals surface area contributed by atoms with Crippen molar-refractivity contribution in [3.63, 3.8) is 0 Å². The minimum absolute atomic E-state index is 0. The third kappa shape index (κ3) is 22.2. The van der Waals surface area contributed by atoms with Crippen LogP contribution < -0.4 is 116 Å². The van der Waals surface area contributed by atoms with Crippen LogP contribution in [-0.2, 0) is 23.9 Å². The van der Waals surface area contributed by atoms with E-state index in [0.717, 1.165) is 38.3 Å². The van der Waals surface area contributed by atoms with Gasteiger partial charge in [-0.3, -0.25) is 39.4 Å². The van der Waals surface area contributed by atoms with Gasteiger partial charge in [0, 0.05) is 91.4 Å². The molecule has 2 amide bonds. The Labute approximate surface area is 503 Å². The average Bonchev–Trinajstić information content (AvgIpc) is 1.83. The molecular weight excluding hydrogens is 1280 g/mol. The number of nitrogens with one attached hydrogen (secondary N) is 2. The molecule has 5 aromatic carbocycles. The number of amides is 2. The summed E-state index contributed by atoms with van der Waals surface area (Å²) in [4.78, 5) is 62.3. The molecule has 0 radical (unpaired) electrons. The van der Waals surface area contributed by atoms with Crippen molar-refractivity contribution in [1.29, 1.82) is 5.26 Å². The summed E-state index contributed by atoms with van der Waals surface area (Å²) >= 11 is 2.45. The van der Waals surface area contributed by atoms with Gasteiger partial charge in [0.25, 0.3) is 11.4 Å². The van der Waals surface area contributed by atoms with Gasteiger partial charge in [-0.2, -0.15) is 12.4 Å². The maximum absolute atomic E-state index is 12.8. The summed E-state index contributed by atoms with van der Waals surface area (Å²) in [6, 6.07) is 13.9. The summed E-state index contributed by atoms with van der Waals surface area (Å²) in [5, 5.41) is 41.2. The predicted octanol–water partition coefficient (Wildman–Crippen LogP) is 5.04. The number of hydrogen-bond donors (Lipinski definition) is 6. The van der Waals surface area contributed by atoms with Crippen LogP contribution in [0, 0.1) is 30.5 Å². The topological polar surface area (TPSA) is 431 Å². The zero-order chi connectivity index (χ0) is 64.7. The molecule has 0 aliphatic carbocycles. The third-order valence-electron chi connectivity index (χ3n) is 8.82. The summed E-state index contributed by atoms with van der Waals surface area (Å²) in [6.07, 6.45) is -18.5. The SMILES string of the molecule is CC(=O)Nc1cc2c(cc1[N+](=O)[O-])OC(F)(F)O2.CC(=O)Nc1ccc2c(c1)OC(F)(F)O2.CC(=O)OC(C)=O.C[O-].N#CBr.Nc1cc2c(cc1N)OC(F)(F)O2.Nc1cc2c(cc1[N+](=O)[O-])OC(F)(F)O2.Nc1ccc2c(c1)OC(F)(F)O2.[Na+]. The summed E-state index contributed by atoms with van der Waals surface area (Å²) in [7, 11) is 0.750. The number of rotatable bonds is 4. The molecule has 0 aromatic heterocycles. The molecular formula is C45H37BrF10N9NaO20. The van der Waals surface area contributed by atoms with Crippen molar-refractivity contribution in [3.8, 4) is 62.5 Å². The Bertz CT molecular complexity index is 3350. The first-order chi connectivity index (χ1) is 39.2. The molecule has 0 saturated carbocycles. The van der Waals surface area contributed by atoms with E-state index < -0.39 is 82.0 Å². The smallest absolute Gasteiger partial charge is 0.857 e. The Morgan fingerprint density at radius 1 is 0.488 bits per heavy atom. The van der Waals surface area contributed by atoms with Gasteiger partial charge in [-0.05, 0) is 24.3 Å². The van der Waals surface area contributed by atoms with Crippen molar-refractivity contribution in [1.82, 2.24) is 0 Å². The van der Waals surface area contributed by atoms with E-state index in [9.17, 15) is 83.3 Å². The molecule has 29 nitrogen and oxygen atoms in total. The number of nitro groups is 2. The number of nitrogens with zero attached hydrogens (tertiary/aromatic N) is 3. The van der Waals surface area contributed by atoms with E-state index in [2.05, 4.69) is 78.7 Å². The Hall–Kier alpha value is -9.59. The van der Waals surface area contributed by atoms with E-state index in [1.807, 2.05) is 0 Å². The third-order valence-corrected chi connectivity index (χ3v) is 8.82. The number of esters is 2. The maximum Gasteiger partial charge on any atom is 1.00 e. The predicted molar refractivity (Wildman–Crippen MR) is 266 cm³/mol. The number of ether oxygens (including phenoxy) is 11. The number of carbonyl (C=O) groups excluding carboxylic acids is 4. The molecule has 0 spiro atoms. The van der Waals surface area contributed by atoms with Gasteiger partial charge in [0.15, 0.2) is 57.5 Å². The molecule has 0 unspecified atom stereocenters. The second kappa shape index (κ2) is 29.8. The Morgan fingerprint density at radius 3 is 1.12 bits per heavy atom. The van der Waals surface area contributed by atoms with Gasteiger partial charge in [-0.1, -0.05) is 0 Å². The van der Waals surface area contributed by atoms with Crippen LogP contribution in [0.2, 0.25) is 0 Å². The fourth-order valence-electron chi connectivity index (χ4n) is 6.01. The molecule has 5 aliphatic rings. The molecule has 460 valence electrons. The number of benzene rings is 5. The van der Waals surface area contributed by atoms with Crippen LogP contribution >= 0.6 is 15.9 Å². The molecule has 10 rings (SSSR count). The average molecular weight is 1320 g/mol. The molecule has 10 N–H and O–H groups in total. The molecule has 5 aliphatic heterocycles. The zero-order valence-electron chi connectivity index (χ0n) is 43.9. The molecule has 0 fully saturated rings. The maximum atomic E-state index is 12.8. The number of nitrogen functional groups attached to an aromatic ring is 4. The van der Waals surface area contributed by atoms with Gasteiger partial charge in [0.2, 0.25) is 11.8 Å². The standard InChI is InChI=1S/C9H6F2N2O5.C9H7F2NO3.C7H4F2N2O4.C7H6F2N2O2.C7H5F2NO2.C4H6O3.CBrN.CH3O.Na/c1-4(14)12-5-2-7-8(3-6(5)13(15)16)18-9(10,11)17-7;1-5(13)12-6-2-3-7-8(4-6)15-9(10,11)14-7;8-7(9)14-5-1-3(10)4(11(12)13)2-6(5)15-7;8-7(9)12-5-1-3(10)4(11)2-6(5)13-7;8-7(9)11-5-2-1-4(10)3-6(5)12-7;1-3(5)7-4(2)6;2-1-3;1-2;/h2-3H,1H3,(H,12,14);2-4H,1H3,(H,12,13);1-2H,10H2;1-2H,10-11H2;1-3H,10H2;1-2H3;;1H3;/q;;;;;;;-1;+1. The van der Waals surface area contributed by atoms with Crippen LogP contribution in [-0.4, -0.2) is 72.2 Å². The molecule has 0 atom stereocenters. The number of halogens is 11. The van der Waals surface area contributed by atoms with E-state index in [1.165, 1.54) is 69.3 Å². The van der Waals surface area contributed by atoms with Gasteiger partial charge in [0.05, 0.1) is 33.4 Å². The molecule has 86 heavy (non-hydrogen) atoms. The van der Waals surface area contributed by atoms with Crippen LogP contribution in [0.3, 0.4) is 0 Å². The summed E-state index contributed by atoms with van der Waals surface area (Å²) in [6.45, 7) is 4.81. The monoisotopic (exact) mass is 1320 g/mol. The molecule has 41 heteroatoms. The Balaban J connectivity index is 0.000000351. The van der Waals surface area contributed by atoms with E-state index in [4.69, 9.17) is 33.3 Å². The van der Waals surface area contributed by atoms with Gasteiger partial charge in [0.1, 0.15) is 16.4 Å². The first-order valence-corrected chi connectivity index (χ1v) is 22.6. The van der Waals surface area contributed by atoms with Gasteiger partial charge in [-0.25, -0.2) is 0 Å². The normalized spacial score (nSPS) is 14.8. The number of nitrogens with two attached hydrogens (primary N) is 4. The molecule has 0 bridgehead atoms. The van der Waals surface area contributed by atoms with E-state index in [0.29, 0.717) is 11.4 Å². The van der Waals surface area contributed by atoms with Crippen molar-refractivity contribution in [2.75, 3.05) is 40.7 Å². The zero-order valence-corrected chi connectivity index (χ0v) is 47.5. The Kier molecular flexibility index (Phi) is 25.1. The minimum atomic E-state index is -3.87. The fraction of sp³-hybridized carbons (Fsp3) is 0.222. The van der Waals surface area contributed by atoms with Crippen LogP contribution in [0.5, 0.6) is 57.5 Å². The number of nitro benzene ring substituents is 2. The van der Waals surface area contributed by atoms with Crippen molar-refractivity contribution < 1.29 is 160 Å². The number of fused-ring (bicyclic) bond motifs is 5. The van der Waals surface area contributed by atoms with E-state index in [-0.39, 0.29) is 104 Å². The first kappa shape index (κ1) is 72.5. The minimum Gasteiger partial charge on any atom is -0.857 e. The van der Waals surface area contributed by atoms with Crippen molar-refractivity contribution in [3.05, 3.63) is 93.0 Å². The second-order valence-corrected chi connectivity index (χ2v) is 15.7. The number of carbonyl (C=O) groups is 4. The van der Waals surface area contributed by atoms with Gasteiger partial charge >= 0.3 is 73.0 Å². The Morgan fingerprint density at radius 2 is 0.779 bits per heavy atom. The van der Waals surface area contributed by atoms with Crippen molar-refractivity contribution >= 4 is 85.2 Å². The van der Waals surface area contributed by atoms with Crippen molar-refractivity contribution in [2.24, 2.45) is 0 Å². The van der Waals surface area contributed by atoms with Gasteiger partial charge < -0.3 is 90.8 Å².